The smallest absolute Gasteiger partial charge is 0.411 e. The first kappa shape index (κ1) is 18.8. The summed E-state index contributed by atoms with van der Waals surface area (Å²) in [6, 6.07) is 11.3. The minimum absolute atomic E-state index is 0.165. The Morgan fingerprint density at radius 3 is 2.69 bits per heavy atom. The largest absolute Gasteiger partial charge is 0.468 e. The second-order valence-electron chi connectivity index (χ2n) is 6.76. The normalized spacial score (nSPS) is 24.0. The molecular formula is C21H20N2O6. The molecule has 2 fully saturated rings. The van der Waals surface area contributed by atoms with Gasteiger partial charge in [-0.25, -0.2) is 4.79 Å². The van der Waals surface area contributed by atoms with E-state index in [-0.39, 0.29) is 25.1 Å². The lowest BCUT2D eigenvalue weighted by Crippen LogP contribution is -2.71. The Balaban J connectivity index is 1.63. The molecule has 150 valence electrons. The van der Waals surface area contributed by atoms with Crippen molar-refractivity contribution in [1.29, 1.82) is 0 Å². The van der Waals surface area contributed by atoms with Crippen LogP contribution in [0, 0.1) is 0 Å². The molecule has 3 heterocycles. The fourth-order valence-corrected chi connectivity index (χ4v) is 3.68. The number of ether oxygens (including phenoxy) is 2. The number of methoxy groups -OCH3 is 1. The van der Waals surface area contributed by atoms with Gasteiger partial charge < -0.3 is 18.8 Å². The zero-order chi connectivity index (χ0) is 20.4. The highest BCUT2D eigenvalue weighted by molar-refractivity contribution is 5.96. The minimum Gasteiger partial charge on any atom is -0.468 e. The second-order valence-corrected chi connectivity index (χ2v) is 6.76. The maximum absolute atomic E-state index is 12.9. The van der Waals surface area contributed by atoms with Crippen LogP contribution in [0.4, 0.5) is 4.79 Å². The number of carbonyl (C=O) groups excluding carboxylic acids is 3. The highest BCUT2D eigenvalue weighted by Gasteiger charge is 2.55. The number of carbonyl (C=O) groups is 3. The number of cyclic esters (lactones) is 1. The highest BCUT2D eigenvalue weighted by atomic mass is 16.6. The molecule has 2 aliphatic rings. The molecular weight excluding hydrogens is 376 g/mol. The molecule has 1 aromatic carbocycles. The van der Waals surface area contributed by atoms with Gasteiger partial charge in [0.25, 0.3) is 0 Å². The van der Waals surface area contributed by atoms with E-state index in [1.54, 1.807) is 30.5 Å². The van der Waals surface area contributed by atoms with Crippen molar-refractivity contribution in [2.24, 2.45) is 0 Å². The molecule has 8 nitrogen and oxygen atoms in total. The molecule has 0 radical (unpaired) electrons. The van der Waals surface area contributed by atoms with Crippen molar-refractivity contribution in [3.05, 3.63) is 66.1 Å². The molecule has 0 aliphatic carbocycles. The first-order valence-electron chi connectivity index (χ1n) is 9.19. The van der Waals surface area contributed by atoms with Crippen molar-refractivity contribution < 1.29 is 28.3 Å². The van der Waals surface area contributed by atoms with Gasteiger partial charge in [-0.05, 0) is 23.8 Å². The maximum Gasteiger partial charge on any atom is 0.411 e. The highest BCUT2D eigenvalue weighted by Crippen LogP contribution is 2.37. The van der Waals surface area contributed by atoms with Crippen molar-refractivity contribution in [3.63, 3.8) is 0 Å². The molecule has 0 saturated carbocycles. The van der Waals surface area contributed by atoms with E-state index in [1.165, 1.54) is 16.9 Å². The third kappa shape index (κ3) is 3.49. The van der Waals surface area contributed by atoms with Gasteiger partial charge in [0.15, 0.2) is 0 Å². The molecule has 3 atom stereocenters. The minimum atomic E-state index is -0.772. The van der Waals surface area contributed by atoms with E-state index >= 15 is 0 Å². The molecule has 4 rings (SSSR count). The summed E-state index contributed by atoms with van der Waals surface area (Å²) in [5.74, 6) is -0.259. The Hall–Kier alpha value is -3.55. The number of likely N-dealkylation sites (tertiary alicyclic amines) is 1. The summed E-state index contributed by atoms with van der Waals surface area (Å²) in [5, 5.41) is 0. The van der Waals surface area contributed by atoms with Crippen LogP contribution in [0.2, 0.25) is 0 Å². The van der Waals surface area contributed by atoms with Gasteiger partial charge in [0.2, 0.25) is 5.91 Å². The summed E-state index contributed by atoms with van der Waals surface area (Å²) in [7, 11) is 1.26. The number of hydrogen-bond donors (Lipinski definition) is 0. The third-order valence-electron chi connectivity index (χ3n) is 5.14. The average molecular weight is 396 g/mol. The number of nitrogens with zero attached hydrogens (tertiary/aromatic N) is 2. The van der Waals surface area contributed by atoms with Gasteiger partial charge in [-0.1, -0.05) is 36.4 Å². The monoisotopic (exact) mass is 396 g/mol. The van der Waals surface area contributed by atoms with Gasteiger partial charge in [-0.3, -0.25) is 14.5 Å². The number of amides is 2. The number of rotatable bonds is 6. The topological polar surface area (TPSA) is 89.3 Å². The number of esters is 1. The molecule has 8 heteroatoms. The number of benzene rings is 1. The quantitative estimate of drug-likeness (QED) is 0.550. The lowest BCUT2D eigenvalue weighted by atomic mass is 9.90. The van der Waals surface area contributed by atoms with E-state index in [2.05, 4.69) is 0 Å². The van der Waals surface area contributed by atoms with Crippen LogP contribution in [0.1, 0.15) is 17.4 Å². The molecule has 0 unspecified atom stereocenters. The second kappa shape index (κ2) is 7.83. The van der Waals surface area contributed by atoms with Crippen molar-refractivity contribution in [3.8, 4) is 0 Å². The van der Waals surface area contributed by atoms with Crippen LogP contribution in [0.15, 0.2) is 59.2 Å². The van der Waals surface area contributed by atoms with Crippen LogP contribution in [0.25, 0.3) is 6.08 Å². The van der Waals surface area contributed by atoms with Crippen molar-refractivity contribution >= 4 is 24.0 Å². The Bertz CT molecular complexity index is 924. The number of furan rings is 1. The Morgan fingerprint density at radius 1 is 1.21 bits per heavy atom. The Kier molecular flexibility index (Phi) is 5.07. The molecule has 2 saturated heterocycles. The first-order valence-corrected chi connectivity index (χ1v) is 9.19. The van der Waals surface area contributed by atoms with Gasteiger partial charge in [-0.15, -0.1) is 0 Å². The van der Waals surface area contributed by atoms with Crippen LogP contribution in [-0.2, 0) is 19.1 Å². The summed E-state index contributed by atoms with van der Waals surface area (Å²) >= 11 is 0. The van der Waals surface area contributed by atoms with Gasteiger partial charge >= 0.3 is 12.1 Å². The third-order valence-corrected chi connectivity index (χ3v) is 5.14. The summed E-state index contributed by atoms with van der Waals surface area (Å²) in [5.41, 5.74) is 0.881. The SMILES string of the molecule is COC(=O)CN1C(=O)[C@@H](N2C(=O)OC[C@@H]2c2ccccc2)[C@H]1/C=C/c1ccco1. The zero-order valence-electron chi connectivity index (χ0n) is 15.8. The van der Waals surface area contributed by atoms with Crippen LogP contribution in [0.3, 0.4) is 0 Å². The van der Waals surface area contributed by atoms with Gasteiger partial charge in [0.1, 0.15) is 25.0 Å². The fraction of sp³-hybridized carbons (Fsp3) is 0.286. The molecule has 1 aromatic heterocycles. The predicted octanol–water partition coefficient (Wildman–Crippen LogP) is 2.24. The van der Waals surface area contributed by atoms with Crippen LogP contribution < -0.4 is 0 Å². The zero-order valence-corrected chi connectivity index (χ0v) is 15.8. The number of hydrogen-bond acceptors (Lipinski definition) is 6. The average Bonchev–Trinajstić information content (AvgIpc) is 3.39. The summed E-state index contributed by atoms with van der Waals surface area (Å²) < 4.78 is 15.3. The molecule has 29 heavy (non-hydrogen) atoms. The lowest BCUT2D eigenvalue weighted by molar-refractivity contribution is -0.162. The predicted molar refractivity (Wildman–Crippen MR) is 101 cm³/mol. The molecule has 2 amide bonds. The van der Waals surface area contributed by atoms with E-state index in [4.69, 9.17) is 13.9 Å². The lowest BCUT2D eigenvalue weighted by Gasteiger charge is -2.49. The Labute approximate surface area is 167 Å². The molecule has 0 bridgehead atoms. The van der Waals surface area contributed by atoms with E-state index in [1.807, 2.05) is 30.3 Å². The molecule has 0 N–H and O–H groups in total. The van der Waals surface area contributed by atoms with Crippen molar-refractivity contribution in [2.45, 2.75) is 18.1 Å². The maximum atomic E-state index is 12.9. The number of β-lactam (4-membered cyclic amide) rings is 1. The van der Waals surface area contributed by atoms with Crippen molar-refractivity contribution in [1.82, 2.24) is 9.80 Å². The van der Waals surface area contributed by atoms with E-state index in [9.17, 15) is 14.4 Å². The van der Waals surface area contributed by atoms with Gasteiger partial charge in [-0.2, -0.15) is 0 Å². The van der Waals surface area contributed by atoms with Crippen LogP contribution in [-0.4, -0.2) is 60.1 Å². The Morgan fingerprint density at radius 2 is 2.00 bits per heavy atom. The first-order chi connectivity index (χ1) is 14.1. The van der Waals surface area contributed by atoms with Crippen molar-refractivity contribution in [2.75, 3.05) is 20.3 Å². The van der Waals surface area contributed by atoms with Crippen LogP contribution in [0.5, 0.6) is 0 Å². The van der Waals surface area contributed by atoms with E-state index in [0.717, 1.165) is 5.56 Å². The summed E-state index contributed by atoms with van der Waals surface area (Å²) in [4.78, 5) is 40.0. The van der Waals surface area contributed by atoms with E-state index in [0.29, 0.717) is 5.76 Å². The molecule has 2 aliphatic heterocycles. The standard InChI is InChI=1S/C21H20N2O6/c1-27-18(24)12-22-16(10-9-15-8-5-11-28-15)19(20(22)25)23-17(13-29-21(23)26)14-6-3-2-4-7-14/h2-11,16-17,19H,12-13H2,1H3/b10-9+/t16-,17-,19+/m1/s1. The fourth-order valence-electron chi connectivity index (χ4n) is 3.68. The van der Waals surface area contributed by atoms with E-state index < -0.39 is 24.1 Å². The van der Waals surface area contributed by atoms with Gasteiger partial charge in [0, 0.05) is 0 Å². The summed E-state index contributed by atoms with van der Waals surface area (Å²) in [6.45, 7) is -0.0316. The van der Waals surface area contributed by atoms with Crippen LogP contribution >= 0.6 is 0 Å². The molecule has 0 spiro atoms. The molecule has 2 aromatic rings. The summed E-state index contributed by atoms with van der Waals surface area (Å²) in [6.07, 6.45) is 4.46. The van der Waals surface area contributed by atoms with Gasteiger partial charge in [0.05, 0.1) is 25.5 Å².